The summed E-state index contributed by atoms with van der Waals surface area (Å²) >= 11 is 0. The van der Waals surface area contributed by atoms with E-state index in [4.69, 9.17) is 0 Å². The zero-order valence-corrected chi connectivity index (χ0v) is 10.9. The summed E-state index contributed by atoms with van der Waals surface area (Å²) in [6.45, 7) is 1.96. The molecule has 0 saturated heterocycles. The highest BCUT2D eigenvalue weighted by atomic mass is 16.2. The van der Waals surface area contributed by atoms with Gasteiger partial charge in [0, 0.05) is 33.1 Å². The Labute approximate surface area is 107 Å². The van der Waals surface area contributed by atoms with Crippen LogP contribution in [0.3, 0.4) is 0 Å². The lowest BCUT2D eigenvalue weighted by atomic mass is 10.1. The lowest BCUT2D eigenvalue weighted by Crippen LogP contribution is -2.21. The largest absolute Gasteiger partial charge is 0.353 e. The van der Waals surface area contributed by atoms with Gasteiger partial charge >= 0.3 is 0 Å². The minimum absolute atomic E-state index is 0.0212. The first-order valence-corrected chi connectivity index (χ1v) is 5.73. The number of hydrogen-bond donors (Lipinski definition) is 1. The molecule has 1 aromatic carbocycles. The summed E-state index contributed by atoms with van der Waals surface area (Å²) in [4.78, 5) is 24.0. The van der Waals surface area contributed by atoms with Crippen LogP contribution in [0.4, 0.5) is 0 Å². The number of nitrogens with one attached hydrogen (secondary N) is 1. The number of benzene rings is 1. The van der Waals surface area contributed by atoms with Crippen LogP contribution < -0.4 is 5.32 Å². The molecular weight excluding hydrogens is 228 g/mol. The molecule has 4 nitrogen and oxygen atoms in total. The average molecular weight is 246 g/mol. The SMILES string of the molecule is CC(=O)NCC=Cc1cccc(C(=O)N(C)C)c1. The molecule has 0 radical (unpaired) electrons. The molecule has 0 spiro atoms. The van der Waals surface area contributed by atoms with Crippen molar-refractivity contribution >= 4 is 17.9 Å². The first-order valence-electron chi connectivity index (χ1n) is 5.73. The Morgan fingerprint density at radius 3 is 2.67 bits per heavy atom. The predicted octanol–water partition coefficient (Wildman–Crippen LogP) is 1.54. The van der Waals surface area contributed by atoms with E-state index in [1.807, 2.05) is 30.4 Å². The molecule has 4 heteroatoms. The van der Waals surface area contributed by atoms with E-state index < -0.39 is 0 Å². The molecule has 0 heterocycles. The number of amides is 2. The Hall–Kier alpha value is -2.10. The van der Waals surface area contributed by atoms with Crippen LogP contribution in [0.1, 0.15) is 22.8 Å². The van der Waals surface area contributed by atoms with Crippen LogP contribution >= 0.6 is 0 Å². The predicted molar refractivity (Wildman–Crippen MR) is 72.2 cm³/mol. The molecule has 0 bridgehead atoms. The quantitative estimate of drug-likeness (QED) is 0.876. The number of rotatable bonds is 4. The lowest BCUT2D eigenvalue weighted by molar-refractivity contribution is -0.118. The second-order valence-corrected chi connectivity index (χ2v) is 4.16. The van der Waals surface area contributed by atoms with Crippen LogP contribution in [0, 0.1) is 0 Å². The van der Waals surface area contributed by atoms with Gasteiger partial charge in [-0.1, -0.05) is 24.3 Å². The second-order valence-electron chi connectivity index (χ2n) is 4.16. The van der Waals surface area contributed by atoms with E-state index in [0.717, 1.165) is 5.56 Å². The van der Waals surface area contributed by atoms with Crippen molar-refractivity contribution in [1.29, 1.82) is 0 Å². The third-order valence-electron chi connectivity index (χ3n) is 2.32. The maximum atomic E-state index is 11.8. The summed E-state index contributed by atoms with van der Waals surface area (Å²) in [5.41, 5.74) is 1.59. The van der Waals surface area contributed by atoms with Crippen LogP contribution in [-0.4, -0.2) is 37.4 Å². The monoisotopic (exact) mass is 246 g/mol. The van der Waals surface area contributed by atoms with E-state index in [-0.39, 0.29) is 11.8 Å². The fourth-order valence-corrected chi connectivity index (χ4v) is 1.43. The molecule has 1 aromatic rings. The van der Waals surface area contributed by atoms with Crippen molar-refractivity contribution in [2.45, 2.75) is 6.92 Å². The lowest BCUT2D eigenvalue weighted by Gasteiger charge is -2.10. The van der Waals surface area contributed by atoms with Gasteiger partial charge in [0.1, 0.15) is 0 Å². The van der Waals surface area contributed by atoms with Crippen molar-refractivity contribution in [3.8, 4) is 0 Å². The van der Waals surface area contributed by atoms with E-state index in [2.05, 4.69) is 5.32 Å². The Kier molecular flexibility index (Phi) is 5.11. The van der Waals surface area contributed by atoms with Crippen molar-refractivity contribution < 1.29 is 9.59 Å². The summed E-state index contributed by atoms with van der Waals surface area (Å²) < 4.78 is 0. The standard InChI is InChI=1S/C14H18N2O2/c1-11(17)15-9-5-7-12-6-4-8-13(10-12)14(18)16(2)3/h4-8,10H,9H2,1-3H3,(H,15,17). The van der Waals surface area contributed by atoms with Crippen LogP contribution in [-0.2, 0) is 4.79 Å². The van der Waals surface area contributed by atoms with Crippen LogP contribution in [0.15, 0.2) is 30.3 Å². The van der Waals surface area contributed by atoms with Crippen molar-refractivity contribution in [1.82, 2.24) is 10.2 Å². The molecular formula is C14H18N2O2. The smallest absolute Gasteiger partial charge is 0.253 e. The minimum atomic E-state index is -0.0591. The van der Waals surface area contributed by atoms with Crippen LogP contribution in [0.2, 0.25) is 0 Å². The van der Waals surface area contributed by atoms with Crippen LogP contribution in [0.25, 0.3) is 6.08 Å². The van der Waals surface area contributed by atoms with E-state index in [9.17, 15) is 9.59 Å². The van der Waals surface area contributed by atoms with Gasteiger partial charge in [0.2, 0.25) is 5.91 Å². The molecule has 0 aliphatic heterocycles. The fourth-order valence-electron chi connectivity index (χ4n) is 1.43. The summed E-state index contributed by atoms with van der Waals surface area (Å²) in [6.07, 6.45) is 3.73. The molecule has 0 atom stereocenters. The summed E-state index contributed by atoms with van der Waals surface area (Å²) in [7, 11) is 3.45. The maximum Gasteiger partial charge on any atom is 0.253 e. The molecule has 18 heavy (non-hydrogen) atoms. The van der Waals surface area contributed by atoms with Gasteiger partial charge in [-0.25, -0.2) is 0 Å². The van der Waals surface area contributed by atoms with Crippen LogP contribution in [0.5, 0.6) is 0 Å². The number of carbonyl (C=O) groups excluding carboxylic acids is 2. The van der Waals surface area contributed by atoms with E-state index in [1.54, 1.807) is 25.1 Å². The summed E-state index contributed by atoms with van der Waals surface area (Å²) in [6, 6.07) is 7.37. The molecule has 1 N–H and O–H groups in total. The normalized spacial score (nSPS) is 10.4. The molecule has 0 unspecified atom stereocenters. The van der Waals surface area contributed by atoms with Gasteiger partial charge in [0.25, 0.3) is 5.91 Å². The van der Waals surface area contributed by atoms with E-state index in [0.29, 0.717) is 12.1 Å². The zero-order chi connectivity index (χ0) is 13.5. The first-order chi connectivity index (χ1) is 8.50. The Morgan fingerprint density at radius 2 is 2.06 bits per heavy atom. The van der Waals surface area contributed by atoms with Crippen molar-refractivity contribution in [3.05, 3.63) is 41.5 Å². The van der Waals surface area contributed by atoms with Gasteiger partial charge in [-0.3, -0.25) is 9.59 Å². The average Bonchev–Trinajstić information content (AvgIpc) is 2.33. The van der Waals surface area contributed by atoms with E-state index >= 15 is 0 Å². The van der Waals surface area contributed by atoms with Gasteiger partial charge in [-0.2, -0.15) is 0 Å². The summed E-state index contributed by atoms with van der Waals surface area (Å²) in [5.74, 6) is -0.0803. The first kappa shape index (κ1) is 14.0. The summed E-state index contributed by atoms with van der Waals surface area (Å²) in [5, 5.41) is 2.67. The molecule has 0 aliphatic rings. The molecule has 0 aromatic heterocycles. The van der Waals surface area contributed by atoms with Gasteiger partial charge in [0.05, 0.1) is 0 Å². The molecule has 2 amide bonds. The van der Waals surface area contributed by atoms with Gasteiger partial charge in [-0.05, 0) is 17.7 Å². The van der Waals surface area contributed by atoms with Crippen molar-refractivity contribution in [2.75, 3.05) is 20.6 Å². The maximum absolute atomic E-state index is 11.8. The molecule has 1 rings (SSSR count). The van der Waals surface area contributed by atoms with Gasteiger partial charge in [-0.15, -0.1) is 0 Å². The fraction of sp³-hybridized carbons (Fsp3) is 0.286. The van der Waals surface area contributed by atoms with Crippen molar-refractivity contribution in [2.24, 2.45) is 0 Å². The number of carbonyl (C=O) groups is 2. The molecule has 0 fully saturated rings. The Morgan fingerprint density at radius 1 is 1.33 bits per heavy atom. The van der Waals surface area contributed by atoms with Crippen molar-refractivity contribution in [3.63, 3.8) is 0 Å². The Bertz CT molecular complexity index is 465. The van der Waals surface area contributed by atoms with Gasteiger partial charge < -0.3 is 10.2 Å². The second kappa shape index (κ2) is 6.59. The number of nitrogens with zero attached hydrogens (tertiary/aromatic N) is 1. The third-order valence-corrected chi connectivity index (χ3v) is 2.32. The zero-order valence-electron chi connectivity index (χ0n) is 10.9. The Balaban J connectivity index is 2.70. The van der Waals surface area contributed by atoms with Gasteiger partial charge in [0.15, 0.2) is 0 Å². The molecule has 96 valence electrons. The molecule has 0 saturated carbocycles. The molecule has 0 aliphatic carbocycles. The third kappa shape index (κ3) is 4.41. The highest BCUT2D eigenvalue weighted by molar-refractivity contribution is 5.94. The minimum Gasteiger partial charge on any atom is -0.353 e. The highest BCUT2D eigenvalue weighted by Crippen LogP contribution is 2.08. The highest BCUT2D eigenvalue weighted by Gasteiger charge is 2.06. The number of hydrogen-bond acceptors (Lipinski definition) is 2. The van der Waals surface area contributed by atoms with E-state index in [1.165, 1.54) is 6.92 Å². The topological polar surface area (TPSA) is 49.4 Å².